The van der Waals surface area contributed by atoms with Crippen LogP contribution in [0, 0.1) is 0 Å². The molecule has 3 unspecified atom stereocenters. The lowest BCUT2D eigenvalue weighted by atomic mass is 10.2. The van der Waals surface area contributed by atoms with Crippen molar-refractivity contribution in [2.24, 2.45) is 0 Å². The van der Waals surface area contributed by atoms with Gasteiger partial charge in [0.15, 0.2) is 0 Å². The Bertz CT molecular complexity index is 233. The van der Waals surface area contributed by atoms with E-state index < -0.39 is 0 Å². The first-order chi connectivity index (χ1) is 7.29. The van der Waals surface area contributed by atoms with Gasteiger partial charge in [-0.05, 0) is 6.92 Å². The Morgan fingerprint density at radius 1 is 1.47 bits per heavy atom. The van der Waals surface area contributed by atoms with E-state index in [1.807, 2.05) is 0 Å². The molecule has 0 spiro atoms. The second kappa shape index (κ2) is 4.92. The summed E-state index contributed by atoms with van der Waals surface area (Å²) in [5, 5.41) is 3.20. The fraction of sp³-hybridized carbons (Fsp3) is 0.900. The Morgan fingerprint density at radius 2 is 2.27 bits per heavy atom. The van der Waals surface area contributed by atoms with Crippen molar-refractivity contribution in [1.29, 1.82) is 0 Å². The maximum absolute atomic E-state index is 11.2. The topological polar surface area (TPSA) is 56.8 Å². The average Bonchev–Trinajstić information content (AvgIpc) is 2.65. The lowest BCUT2D eigenvalue weighted by molar-refractivity contribution is -0.174. The predicted octanol–water partition coefficient (Wildman–Crippen LogP) is -0.305. The van der Waals surface area contributed by atoms with Crippen LogP contribution in [-0.2, 0) is 19.0 Å². The Kier molecular flexibility index (Phi) is 3.56. The third-order valence-electron chi connectivity index (χ3n) is 2.67. The first-order valence-electron chi connectivity index (χ1n) is 5.43. The van der Waals surface area contributed by atoms with E-state index in [1.165, 1.54) is 0 Å². The molecule has 2 heterocycles. The quantitative estimate of drug-likeness (QED) is 0.655. The van der Waals surface area contributed by atoms with Crippen LogP contribution in [0.3, 0.4) is 0 Å². The molecule has 15 heavy (non-hydrogen) atoms. The number of hydrogen-bond acceptors (Lipinski definition) is 5. The van der Waals surface area contributed by atoms with Crippen molar-refractivity contribution >= 4 is 5.97 Å². The normalized spacial score (nSPS) is 34.9. The molecular weight excluding hydrogens is 198 g/mol. The minimum Gasteiger partial charge on any atom is -0.466 e. The third kappa shape index (κ3) is 2.68. The number of fused-ring (bicyclic) bond motifs is 1. The molecule has 0 aromatic heterocycles. The summed E-state index contributed by atoms with van der Waals surface area (Å²) in [5.74, 6) is -0.212. The van der Waals surface area contributed by atoms with Crippen molar-refractivity contribution < 1.29 is 19.0 Å². The number of nitrogens with one attached hydrogen (secondary N) is 1. The lowest BCUT2D eigenvalue weighted by Gasteiger charge is -2.31. The Morgan fingerprint density at radius 3 is 3.07 bits per heavy atom. The highest BCUT2D eigenvalue weighted by Gasteiger charge is 2.36. The van der Waals surface area contributed by atoms with Crippen molar-refractivity contribution in [3.63, 3.8) is 0 Å². The van der Waals surface area contributed by atoms with Crippen LogP contribution in [-0.4, -0.2) is 50.6 Å². The maximum atomic E-state index is 11.2. The van der Waals surface area contributed by atoms with Gasteiger partial charge in [0.1, 0.15) is 0 Å². The smallest absolute Gasteiger partial charge is 0.308 e. The molecule has 2 fully saturated rings. The standard InChI is InChI=1S/C10H17NO4/c1-2-13-10(12)3-7-6-14-8-4-11-5-9(8)15-7/h7-9,11H,2-6H2,1H3. The van der Waals surface area contributed by atoms with Gasteiger partial charge in [0.2, 0.25) is 0 Å². The molecule has 2 saturated heterocycles. The molecule has 2 rings (SSSR count). The number of hydrogen-bond donors (Lipinski definition) is 1. The molecule has 5 heteroatoms. The van der Waals surface area contributed by atoms with E-state index in [4.69, 9.17) is 14.2 Å². The van der Waals surface area contributed by atoms with Crippen LogP contribution in [0.2, 0.25) is 0 Å². The van der Waals surface area contributed by atoms with Crippen LogP contribution < -0.4 is 5.32 Å². The molecule has 1 N–H and O–H groups in total. The van der Waals surface area contributed by atoms with Gasteiger partial charge >= 0.3 is 5.97 Å². The Balaban J connectivity index is 1.77. The van der Waals surface area contributed by atoms with Crippen LogP contribution in [0.25, 0.3) is 0 Å². The predicted molar refractivity (Wildman–Crippen MR) is 52.5 cm³/mol. The summed E-state index contributed by atoms with van der Waals surface area (Å²) >= 11 is 0. The van der Waals surface area contributed by atoms with Gasteiger partial charge in [-0.1, -0.05) is 0 Å². The molecule has 0 saturated carbocycles. The van der Waals surface area contributed by atoms with Crippen molar-refractivity contribution in [3.8, 4) is 0 Å². The molecular formula is C10H17NO4. The molecule has 0 aromatic rings. The van der Waals surface area contributed by atoms with E-state index in [9.17, 15) is 4.79 Å². The summed E-state index contributed by atoms with van der Waals surface area (Å²) in [5.41, 5.74) is 0. The minimum absolute atomic E-state index is 0.0955. The van der Waals surface area contributed by atoms with Gasteiger partial charge in [0, 0.05) is 13.1 Å². The molecule has 5 nitrogen and oxygen atoms in total. The number of rotatable bonds is 3. The summed E-state index contributed by atoms with van der Waals surface area (Å²) in [4.78, 5) is 11.2. The van der Waals surface area contributed by atoms with E-state index in [-0.39, 0.29) is 30.7 Å². The van der Waals surface area contributed by atoms with Gasteiger partial charge in [0.25, 0.3) is 0 Å². The van der Waals surface area contributed by atoms with E-state index in [1.54, 1.807) is 6.92 Å². The zero-order chi connectivity index (χ0) is 10.7. The van der Waals surface area contributed by atoms with Crippen molar-refractivity contribution in [2.45, 2.75) is 31.7 Å². The second-order valence-corrected chi connectivity index (χ2v) is 3.84. The first kappa shape index (κ1) is 10.9. The summed E-state index contributed by atoms with van der Waals surface area (Å²) in [7, 11) is 0. The molecule has 0 radical (unpaired) electrons. The summed E-state index contributed by atoms with van der Waals surface area (Å²) in [6, 6.07) is 0. The average molecular weight is 215 g/mol. The highest BCUT2D eigenvalue weighted by atomic mass is 16.6. The van der Waals surface area contributed by atoms with Gasteiger partial charge in [-0.2, -0.15) is 0 Å². The van der Waals surface area contributed by atoms with Crippen LogP contribution in [0.1, 0.15) is 13.3 Å². The molecule has 0 bridgehead atoms. The second-order valence-electron chi connectivity index (χ2n) is 3.84. The van der Waals surface area contributed by atoms with Crippen LogP contribution >= 0.6 is 0 Å². The molecule has 2 aliphatic rings. The Labute approximate surface area is 89.1 Å². The highest BCUT2D eigenvalue weighted by Crippen LogP contribution is 2.19. The Hall–Kier alpha value is -0.650. The van der Waals surface area contributed by atoms with Gasteiger partial charge in [0.05, 0.1) is 37.9 Å². The SMILES string of the molecule is CCOC(=O)CC1COC2CNCC2O1. The number of esters is 1. The highest BCUT2D eigenvalue weighted by molar-refractivity contribution is 5.69. The molecule has 2 aliphatic heterocycles. The van der Waals surface area contributed by atoms with Gasteiger partial charge in [-0.3, -0.25) is 4.79 Å². The fourth-order valence-corrected chi connectivity index (χ4v) is 1.96. The monoisotopic (exact) mass is 215 g/mol. The number of carbonyl (C=O) groups is 1. The van der Waals surface area contributed by atoms with Gasteiger partial charge in [-0.15, -0.1) is 0 Å². The van der Waals surface area contributed by atoms with Gasteiger partial charge < -0.3 is 19.5 Å². The number of ether oxygens (including phenoxy) is 3. The van der Waals surface area contributed by atoms with Crippen LogP contribution in [0.5, 0.6) is 0 Å². The van der Waals surface area contributed by atoms with E-state index in [0.29, 0.717) is 13.2 Å². The van der Waals surface area contributed by atoms with Gasteiger partial charge in [-0.25, -0.2) is 0 Å². The number of carbonyl (C=O) groups excluding carboxylic acids is 1. The first-order valence-corrected chi connectivity index (χ1v) is 5.43. The molecule has 0 aliphatic carbocycles. The van der Waals surface area contributed by atoms with Crippen molar-refractivity contribution in [1.82, 2.24) is 5.32 Å². The zero-order valence-electron chi connectivity index (χ0n) is 8.90. The van der Waals surface area contributed by atoms with Crippen LogP contribution in [0.15, 0.2) is 0 Å². The maximum Gasteiger partial charge on any atom is 0.308 e. The summed E-state index contributed by atoms with van der Waals surface area (Å²) in [6.45, 7) is 4.36. The fourth-order valence-electron chi connectivity index (χ4n) is 1.96. The van der Waals surface area contributed by atoms with Crippen molar-refractivity contribution in [2.75, 3.05) is 26.3 Å². The molecule has 3 atom stereocenters. The molecule has 0 amide bonds. The van der Waals surface area contributed by atoms with E-state index in [0.717, 1.165) is 13.1 Å². The zero-order valence-corrected chi connectivity index (χ0v) is 8.90. The molecule has 86 valence electrons. The van der Waals surface area contributed by atoms with E-state index >= 15 is 0 Å². The lowest BCUT2D eigenvalue weighted by Crippen LogP contribution is -2.43. The largest absolute Gasteiger partial charge is 0.466 e. The van der Waals surface area contributed by atoms with E-state index in [2.05, 4.69) is 5.32 Å². The van der Waals surface area contributed by atoms with Crippen LogP contribution in [0.4, 0.5) is 0 Å². The third-order valence-corrected chi connectivity index (χ3v) is 2.67. The summed E-state index contributed by atoms with van der Waals surface area (Å²) < 4.78 is 16.2. The van der Waals surface area contributed by atoms with Crippen molar-refractivity contribution in [3.05, 3.63) is 0 Å². The minimum atomic E-state index is -0.212. The summed E-state index contributed by atoms with van der Waals surface area (Å²) in [6.07, 6.45) is 0.392. The molecule has 0 aromatic carbocycles.